The Morgan fingerprint density at radius 1 is 0.267 bits per heavy atom. The van der Waals surface area contributed by atoms with Crippen molar-refractivity contribution in [1.82, 2.24) is 0 Å². The molecule has 0 unspecified atom stereocenters. The average molecular weight is 1400 g/mol. The summed E-state index contributed by atoms with van der Waals surface area (Å²) in [5.74, 6) is 0. The molecule has 0 amide bonds. The van der Waals surface area contributed by atoms with Gasteiger partial charge in [-0.3, -0.25) is 0 Å². The SMILES string of the molecule is Cc1ccc(-c2c3oc4c5ccccc5ccc4c3cc[n+]2C)c(C)c1.Cc1ccc2c(ccc3c4cc[n+](C)c(-c5ccccc5C)c4oc23)c1.Cc1ccccc1-c1c2oc3c4ccccc4ccc3c2cc[n+]1C.Cc1sc2ccccc2c1-c1cc2c(c[n+]1C)sc1c3ccccc3ccc21. The molecular weight excluding hydrogens is 1320 g/mol. The number of pyridine rings is 4. The number of aromatic nitrogens is 4. The minimum atomic E-state index is 0.950. The number of aryl methyl sites for hydroxylation is 10. The fourth-order valence-corrected chi connectivity index (χ4v) is 18.4. The summed E-state index contributed by atoms with van der Waals surface area (Å²) in [4.78, 5) is 1.38. The Morgan fingerprint density at radius 2 is 0.667 bits per heavy atom. The molecule has 0 N–H and O–H groups in total. The molecular formula is C96H76N4O3S2+4. The van der Waals surface area contributed by atoms with Gasteiger partial charge < -0.3 is 13.3 Å². The van der Waals surface area contributed by atoms with Gasteiger partial charge in [0, 0.05) is 103 Å². The van der Waals surface area contributed by atoms with Crippen molar-refractivity contribution < 1.29 is 31.5 Å². The van der Waals surface area contributed by atoms with E-state index < -0.39 is 0 Å². The number of thiophene rings is 2. The number of hydrogen-bond donors (Lipinski definition) is 0. The molecule has 21 rings (SSSR count). The third-order valence-electron chi connectivity index (χ3n) is 21.3. The second kappa shape index (κ2) is 26.0. The summed E-state index contributed by atoms with van der Waals surface area (Å²) in [6.07, 6.45) is 8.67. The summed E-state index contributed by atoms with van der Waals surface area (Å²) in [7, 11) is 8.41. The monoisotopic (exact) mass is 1400 g/mol. The van der Waals surface area contributed by atoms with Crippen molar-refractivity contribution in [3.05, 3.63) is 312 Å². The topological polar surface area (TPSA) is 54.9 Å². The van der Waals surface area contributed by atoms with Crippen molar-refractivity contribution in [1.29, 1.82) is 0 Å². The summed E-state index contributed by atoms with van der Waals surface area (Å²) < 4.78 is 32.3. The summed E-state index contributed by atoms with van der Waals surface area (Å²) >= 11 is 3.79. The molecule has 0 fully saturated rings. The molecule has 0 saturated carbocycles. The molecule has 0 aliphatic heterocycles. The van der Waals surface area contributed by atoms with Gasteiger partial charge in [-0.15, -0.1) is 22.7 Å². The van der Waals surface area contributed by atoms with E-state index in [-0.39, 0.29) is 0 Å². The van der Waals surface area contributed by atoms with E-state index in [2.05, 4.69) is 368 Å². The van der Waals surface area contributed by atoms with Gasteiger partial charge in [-0.25, -0.2) is 0 Å². The predicted molar refractivity (Wildman–Crippen MR) is 441 cm³/mol. The van der Waals surface area contributed by atoms with Crippen molar-refractivity contribution >= 4 is 162 Å². The number of hydrogen-bond acceptors (Lipinski definition) is 5. The molecule has 0 atom stereocenters. The van der Waals surface area contributed by atoms with Gasteiger partial charge in [0.25, 0.3) is 17.1 Å². The molecule has 506 valence electrons. The third-order valence-corrected chi connectivity index (χ3v) is 23.6. The first-order valence-corrected chi connectivity index (χ1v) is 37.5. The van der Waals surface area contributed by atoms with Crippen LogP contribution < -0.4 is 18.3 Å². The van der Waals surface area contributed by atoms with E-state index in [4.69, 9.17) is 13.3 Å². The van der Waals surface area contributed by atoms with Gasteiger partial charge in [0.15, 0.2) is 24.8 Å². The lowest BCUT2D eigenvalue weighted by atomic mass is 10.0. The Labute approximate surface area is 616 Å². The van der Waals surface area contributed by atoms with Crippen LogP contribution in [0.2, 0.25) is 0 Å². The van der Waals surface area contributed by atoms with Gasteiger partial charge in [-0.05, 0) is 128 Å². The van der Waals surface area contributed by atoms with E-state index in [0.29, 0.717) is 0 Å². The smallest absolute Gasteiger partial charge is 0.256 e. The number of nitrogens with zero attached hydrogens (tertiary/aromatic N) is 4. The van der Waals surface area contributed by atoms with E-state index in [1.807, 2.05) is 22.7 Å². The van der Waals surface area contributed by atoms with E-state index >= 15 is 0 Å². The van der Waals surface area contributed by atoms with Crippen LogP contribution in [0.25, 0.3) is 184 Å². The van der Waals surface area contributed by atoms with Crippen LogP contribution in [0, 0.1) is 41.5 Å². The highest BCUT2D eigenvalue weighted by Crippen LogP contribution is 2.45. The summed E-state index contributed by atoms with van der Waals surface area (Å²) in [6.45, 7) is 13.0. The molecule has 105 heavy (non-hydrogen) atoms. The maximum atomic E-state index is 6.51. The van der Waals surface area contributed by atoms with Gasteiger partial charge >= 0.3 is 0 Å². The molecule has 12 aromatic carbocycles. The minimum Gasteiger partial charge on any atom is -0.448 e. The Morgan fingerprint density at radius 3 is 1.19 bits per heavy atom. The maximum Gasteiger partial charge on any atom is 0.256 e. The highest BCUT2D eigenvalue weighted by Gasteiger charge is 2.28. The van der Waals surface area contributed by atoms with Crippen molar-refractivity contribution in [2.24, 2.45) is 28.2 Å². The van der Waals surface area contributed by atoms with Crippen molar-refractivity contribution in [2.45, 2.75) is 41.5 Å². The first-order valence-electron chi connectivity index (χ1n) is 35.8. The predicted octanol–water partition coefficient (Wildman–Crippen LogP) is 24.5. The molecule has 9 heterocycles. The van der Waals surface area contributed by atoms with Crippen LogP contribution in [-0.4, -0.2) is 0 Å². The van der Waals surface area contributed by atoms with Gasteiger partial charge in [0.05, 0.1) is 27.0 Å². The third kappa shape index (κ3) is 11.1. The van der Waals surface area contributed by atoms with Crippen molar-refractivity contribution in [3.8, 4) is 45.0 Å². The first-order chi connectivity index (χ1) is 51.2. The number of furan rings is 3. The van der Waals surface area contributed by atoms with Crippen LogP contribution in [-0.2, 0) is 28.2 Å². The second-order valence-corrected chi connectivity index (χ2v) is 30.5. The second-order valence-electron chi connectivity index (χ2n) is 28.1. The van der Waals surface area contributed by atoms with Gasteiger partial charge in [-0.2, -0.15) is 18.3 Å². The lowest BCUT2D eigenvalue weighted by molar-refractivity contribution is -0.659. The van der Waals surface area contributed by atoms with Crippen LogP contribution in [0.5, 0.6) is 0 Å². The van der Waals surface area contributed by atoms with Crippen LogP contribution in [0.4, 0.5) is 0 Å². The van der Waals surface area contributed by atoms with Crippen LogP contribution >= 0.6 is 22.7 Å². The Kier molecular flexibility index (Phi) is 16.1. The van der Waals surface area contributed by atoms with Crippen LogP contribution in [0.1, 0.15) is 32.7 Å². The fraction of sp³-hybridized carbons (Fsp3) is 0.104. The normalized spacial score (nSPS) is 11.7. The van der Waals surface area contributed by atoms with Gasteiger partial charge in [0.2, 0.25) is 22.4 Å². The standard InChI is InChI=1S/C25H18NS2.2C24H20NO.C23H18NO/c1-15-24(19-9-5-6-10-22(19)27-15)21-13-20-18-12-11-16-7-3-4-8-17(16)25(18)28-23(20)14-26(21)2;1-15-8-10-18(16(2)14-15)22-24-21(12-13-25(22)3)20-11-9-17-6-4-5-7-19(17)23(20)26-24;1-15-8-10-19-17(14-15)9-11-20-21-12-13-25(3)22(24(21)26-23(19)20)18-7-5-4-6-16(18)2;1-15-7-3-5-9-17(15)21-23-20(13-14-24(21)2)19-12-11-16-8-4-6-10-18(16)22(19)25-23/h3-14H,1-2H3;2*4-14H,1-3H3;3-14H,1-2H3/q4*+1. The molecule has 0 radical (unpaired) electrons. The Bertz CT molecular complexity index is 7120. The molecule has 0 aliphatic carbocycles. The van der Waals surface area contributed by atoms with Crippen molar-refractivity contribution in [2.75, 3.05) is 0 Å². The molecule has 9 aromatic heterocycles. The zero-order valence-electron chi connectivity index (χ0n) is 60.4. The molecule has 0 bridgehead atoms. The lowest BCUT2D eigenvalue weighted by Crippen LogP contribution is -2.30. The van der Waals surface area contributed by atoms with E-state index in [0.717, 1.165) is 66.7 Å². The Hall–Kier alpha value is -12.1. The highest BCUT2D eigenvalue weighted by molar-refractivity contribution is 7.26. The maximum absolute atomic E-state index is 6.51. The molecule has 0 spiro atoms. The zero-order chi connectivity index (χ0) is 71.5. The molecule has 21 aromatic rings. The summed E-state index contributed by atoms with van der Waals surface area (Å²) in [5.41, 5.74) is 21.7. The van der Waals surface area contributed by atoms with Gasteiger partial charge in [0.1, 0.15) is 44.9 Å². The number of rotatable bonds is 4. The zero-order valence-corrected chi connectivity index (χ0v) is 62.0. The quantitative estimate of drug-likeness (QED) is 0.165. The molecule has 7 nitrogen and oxygen atoms in total. The van der Waals surface area contributed by atoms with Crippen molar-refractivity contribution in [3.63, 3.8) is 0 Å². The van der Waals surface area contributed by atoms with Crippen LogP contribution in [0.3, 0.4) is 0 Å². The lowest BCUT2D eigenvalue weighted by Gasteiger charge is -2.05. The fourth-order valence-electron chi connectivity index (χ4n) is 16.0. The molecule has 0 saturated heterocycles. The van der Waals surface area contributed by atoms with Gasteiger partial charge in [-0.1, -0.05) is 199 Å². The van der Waals surface area contributed by atoms with Crippen LogP contribution in [0.15, 0.2) is 293 Å². The number of benzene rings is 12. The van der Waals surface area contributed by atoms with E-state index in [1.54, 1.807) is 0 Å². The highest BCUT2D eigenvalue weighted by atomic mass is 32.1. The number of fused-ring (bicyclic) bond motifs is 21. The Balaban J connectivity index is 0.0000000996. The molecule has 0 aliphatic rings. The minimum absolute atomic E-state index is 0.950. The summed E-state index contributed by atoms with van der Waals surface area (Å²) in [6, 6.07) is 90.8. The van der Waals surface area contributed by atoms with E-state index in [9.17, 15) is 0 Å². The average Bonchev–Trinajstić information content (AvgIpc) is 1.61. The first kappa shape index (κ1) is 64.9. The summed E-state index contributed by atoms with van der Waals surface area (Å²) in [5, 5.41) is 20.9. The van der Waals surface area contributed by atoms with E-state index in [1.165, 1.54) is 150 Å². The molecule has 9 heteroatoms. The largest absolute Gasteiger partial charge is 0.448 e.